The maximum atomic E-state index is 14.7. The first kappa shape index (κ1) is 46.8. The van der Waals surface area contributed by atoms with Crippen LogP contribution in [0.4, 0.5) is 25.1 Å². The van der Waals surface area contributed by atoms with Gasteiger partial charge in [0.15, 0.2) is 0 Å². The summed E-state index contributed by atoms with van der Waals surface area (Å²) in [5.74, 6) is -5.19. The molecule has 5 heterocycles. The van der Waals surface area contributed by atoms with E-state index in [2.05, 4.69) is 41.1 Å². The molecule has 0 radical (unpaired) electrons. The zero-order valence-electron chi connectivity index (χ0n) is 35.9. The number of carbonyl (C=O) groups excluding carboxylic acids is 5. The van der Waals surface area contributed by atoms with Crippen LogP contribution in [0.5, 0.6) is 0 Å². The number of benzene rings is 3. The van der Waals surface area contributed by atoms with Crippen molar-refractivity contribution in [3.8, 4) is 0 Å². The monoisotopic (exact) mass is 923 g/mol. The zero-order valence-corrected chi connectivity index (χ0v) is 36.6. The number of anilines is 2. The van der Waals surface area contributed by atoms with Gasteiger partial charge in [0.05, 0.1) is 29.7 Å². The van der Waals surface area contributed by atoms with Gasteiger partial charge in [0.25, 0.3) is 11.8 Å². The molecule has 2 fully saturated rings. The van der Waals surface area contributed by atoms with E-state index < -0.39 is 60.8 Å². The molecule has 2 aliphatic heterocycles. The predicted octanol–water partition coefficient (Wildman–Crippen LogP) is 5.95. The molecule has 16 nitrogen and oxygen atoms in total. The number of aliphatic hydroxyl groups is 1. The lowest BCUT2D eigenvalue weighted by atomic mass is 9.86. The van der Waals surface area contributed by atoms with Gasteiger partial charge in [-0.2, -0.15) is 0 Å². The van der Waals surface area contributed by atoms with Crippen molar-refractivity contribution < 1.29 is 42.6 Å². The van der Waals surface area contributed by atoms with Crippen LogP contribution in [-0.2, 0) is 32.3 Å². The third kappa shape index (κ3) is 11.2. The van der Waals surface area contributed by atoms with E-state index in [9.17, 15) is 32.8 Å². The summed E-state index contributed by atoms with van der Waals surface area (Å²) in [6.45, 7) is 1.21. The molecule has 0 spiro atoms. The summed E-state index contributed by atoms with van der Waals surface area (Å²) >= 11 is 6.04. The molecule has 0 bridgehead atoms. The van der Waals surface area contributed by atoms with Crippen molar-refractivity contribution in [1.82, 2.24) is 35.8 Å². The van der Waals surface area contributed by atoms with Crippen LogP contribution in [0.25, 0.3) is 21.8 Å². The maximum absolute atomic E-state index is 14.7. The van der Waals surface area contributed by atoms with Crippen molar-refractivity contribution in [2.24, 2.45) is 0 Å². The quantitative estimate of drug-likeness (QED) is 0.0850. The van der Waals surface area contributed by atoms with Gasteiger partial charge in [0.2, 0.25) is 17.7 Å². The van der Waals surface area contributed by atoms with Crippen molar-refractivity contribution in [3.05, 3.63) is 131 Å². The number of likely N-dealkylation sites (tertiary alicyclic amines) is 1. The van der Waals surface area contributed by atoms with Gasteiger partial charge < -0.3 is 45.9 Å². The number of alkyl halides is 2. The van der Waals surface area contributed by atoms with Crippen LogP contribution in [0.1, 0.15) is 47.7 Å². The zero-order chi connectivity index (χ0) is 46.8. The van der Waals surface area contributed by atoms with Crippen molar-refractivity contribution >= 4 is 74.6 Å². The van der Waals surface area contributed by atoms with Gasteiger partial charge in [0, 0.05) is 72.7 Å². The number of para-hydroxylation sites is 1. The Bertz CT molecular complexity index is 2690. The number of aromatic amines is 1. The van der Waals surface area contributed by atoms with Crippen molar-refractivity contribution in [1.29, 1.82) is 0 Å². The largest absolute Gasteiger partial charge is 0.445 e. The topological polar surface area (TPSA) is 211 Å². The minimum Gasteiger partial charge on any atom is -0.445 e. The molecule has 5 amide bonds. The molecule has 66 heavy (non-hydrogen) atoms. The molecule has 6 aromatic rings. The van der Waals surface area contributed by atoms with Crippen LogP contribution in [0.15, 0.2) is 110 Å². The van der Waals surface area contributed by atoms with Gasteiger partial charge in [-0.3, -0.25) is 24.2 Å². The summed E-state index contributed by atoms with van der Waals surface area (Å²) in [4.78, 5) is 81.6. The minimum atomic E-state index is -3.33. The number of rotatable bonds is 12. The number of alkyl carbamates (subject to hydrolysis) is 1. The van der Waals surface area contributed by atoms with Gasteiger partial charge in [-0.15, -0.1) is 0 Å². The van der Waals surface area contributed by atoms with Gasteiger partial charge >= 0.3 is 6.09 Å². The third-order valence-corrected chi connectivity index (χ3v) is 11.5. The summed E-state index contributed by atoms with van der Waals surface area (Å²) in [7, 11) is 0. The number of pyridine rings is 2. The van der Waals surface area contributed by atoms with E-state index in [0.29, 0.717) is 34.6 Å². The lowest BCUT2D eigenvalue weighted by Crippen LogP contribution is -2.63. The minimum absolute atomic E-state index is 0.188. The molecule has 6 N–H and O–H groups in total. The van der Waals surface area contributed by atoms with E-state index in [1.807, 2.05) is 18.3 Å². The summed E-state index contributed by atoms with van der Waals surface area (Å²) in [5.41, 5.74) is 2.08. The molecular weight excluding hydrogens is 876 g/mol. The van der Waals surface area contributed by atoms with Crippen molar-refractivity contribution in [3.63, 3.8) is 0 Å². The number of amides is 5. The molecule has 19 heteroatoms. The Labute approximate surface area is 383 Å². The SMILES string of the molecule is CCO.O=C(NC1(C(=O)NCc2ccc(Cl)cc2)CCN(c2nccc3[nH]ccc23)CC1)OCc1ccc(NC(=O)[C@@H]2CC(F)(F)CN2C(=O)CNC(=O)c2ccnc3ccccc23)cc1. The van der Waals surface area contributed by atoms with E-state index in [0.717, 1.165) is 27.2 Å². The standard InChI is InChI=1S/C45H42ClF2N9O6.C2H6O/c46-30-9-5-28(6-10-30)24-53-42(61)44(16-21-56(22-17-44)39-34-14-19-50-36(34)15-20-51-39)55-43(62)63-26-29-7-11-31(12-8-29)54-41(60)37-23-45(47,48)27-57(37)38(58)25-52-40(59)33-13-18-49-35-4-2-1-3-32(33)35;1-2-3/h1-15,18-20,37,50H,16-17,21-27H2,(H,52,59)(H,53,61)(H,54,60)(H,55,62);3H,2H2,1H3/t37-;/m0./s1. The van der Waals surface area contributed by atoms with Crippen LogP contribution >= 0.6 is 11.6 Å². The number of H-pyrrole nitrogens is 1. The number of hydrogen-bond donors (Lipinski definition) is 6. The Balaban J connectivity index is 0.00000210. The fourth-order valence-corrected chi connectivity index (χ4v) is 8.06. The van der Waals surface area contributed by atoms with Gasteiger partial charge in [-0.05, 0) is 79.4 Å². The summed E-state index contributed by atoms with van der Waals surface area (Å²) in [6.07, 6.45) is 3.83. The summed E-state index contributed by atoms with van der Waals surface area (Å²) in [6, 6.07) is 24.0. The highest BCUT2D eigenvalue weighted by molar-refractivity contribution is 6.30. The molecule has 3 aromatic heterocycles. The Morgan fingerprint density at radius 3 is 2.32 bits per heavy atom. The number of piperidine rings is 1. The van der Waals surface area contributed by atoms with E-state index in [1.54, 1.807) is 73.8 Å². The van der Waals surface area contributed by atoms with Gasteiger partial charge in [0.1, 0.15) is 24.0 Å². The number of nitrogens with zero attached hydrogens (tertiary/aromatic N) is 4. The van der Waals surface area contributed by atoms with Crippen molar-refractivity contribution in [2.75, 3.05) is 43.0 Å². The number of carbonyl (C=O) groups is 5. The third-order valence-electron chi connectivity index (χ3n) is 11.3. The number of aliphatic hydroxyl groups excluding tert-OH is 1. The first-order chi connectivity index (χ1) is 31.8. The van der Waals surface area contributed by atoms with Crippen LogP contribution in [0, 0.1) is 0 Å². The van der Waals surface area contributed by atoms with E-state index in [1.165, 1.54) is 24.4 Å². The van der Waals surface area contributed by atoms with E-state index >= 15 is 0 Å². The highest BCUT2D eigenvalue weighted by atomic mass is 35.5. The first-order valence-corrected chi connectivity index (χ1v) is 21.6. The second-order valence-electron chi connectivity index (χ2n) is 15.8. The number of ether oxygens (including phenoxy) is 1. The summed E-state index contributed by atoms with van der Waals surface area (Å²) < 4.78 is 34.9. The molecule has 2 saturated heterocycles. The summed E-state index contributed by atoms with van der Waals surface area (Å²) in [5, 5.41) is 20.5. The lowest BCUT2D eigenvalue weighted by molar-refractivity contribution is -0.136. The fraction of sp³-hybridized carbons (Fsp3) is 0.298. The highest BCUT2D eigenvalue weighted by Gasteiger charge is 2.50. The lowest BCUT2D eigenvalue weighted by Gasteiger charge is -2.41. The number of aromatic nitrogens is 3. The molecule has 0 unspecified atom stereocenters. The second-order valence-corrected chi connectivity index (χ2v) is 16.2. The molecule has 3 aromatic carbocycles. The highest BCUT2D eigenvalue weighted by Crippen LogP contribution is 2.33. The average Bonchev–Trinajstić information content (AvgIpc) is 3.94. The van der Waals surface area contributed by atoms with Gasteiger partial charge in [-0.25, -0.2) is 18.6 Å². The second kappa shape index (κ2) is 20.8. The molecule has 0 aliphatic carbocycles. The fourth-order valence-electron chi connectivity index (χ4n) is 7.93. The van der Waals surface area contributed by atoms with E-state index in [4.69, 9.17) is 21.4 Å². The number of hydrogen-bond acceptors (Lipinski definition) is 10. The molecule has 2 aliphatic rings. The number of fused-ring (bicyclic) bond motifs is 2. The smallest absolute Gasteiger partial charge is 0.408 e. The van der Waals surface area contributed by atoms with Crippen molar-refractivity contribution in [2.45, 2.75) is 56.8 Å². The van der Waals surface area contributed by atoms with Crippen LogP contribution < -0.4 is 26.2 Å². The Morgan fingerprint density at radius 2 is 1.58 bits per heavy atom. The Morgan fingerprint density at radius 1 is 0.879 bits per heavy atom. The van der Waals surface area contributed by atoms with Gasteiger partial charge in [-0.1, -0.05) is 54.1 Å². The Kier molecular flexibility index (Phi) is 14.7. The van der Waals surface area contributed by atoms with Crippen LogP contribution in [-0.4, -0.2) is 105 Å². The molecule has 1 atom stereocenters. The molecule has 8 rings (SSSR count). The van der Waals surface area contributed by atoms with E-state index in [-0.39, 0.29) is 49.8 Å². The molecule has 0 saturated carbocycles. The molecular formula is C47H48ClF2N9O7. The molecule has 344 valence electrons. The van der Waals surface area contributed by atoms with Crippen LogP contribution in [0.2, 0.25) is 5.02 Å². The average molecular weight is 924 g/mol. The predicted molar refractivity (Wildman–Crippen MR) is 244 cm³/mol. The first-order valence-electron chi connectivity index (χ1n) is 21.2. The normalized spacial score (nSPS) is 16.2. The number of nitrogens with one attached hydrogen (secondary N) is 5. The number of halogens is 3. The van der Waals surface area contributed by atoms with Crippen LogP contribution in [0.3, 0.4) is 0 Å². The maximum Gasteiger partial charge on any atom is 0.408 e. The Hall–Kier alpha value is -7.18.